The number of halogens is 1. The highest BCUT2D eigenvalue weighted by atomic mass is 35.5. The molecule has 3 aromatic rings. The van der Waals surface area contributed by atoms with Gasteiger partial charge in [-0.05, 0) is 24.6 Å². The monoisotopic (exact) mass is 445 g/mol. The molecule has 1 aromatic carbocycles. The fourth-order valence-corrected chi connectivity index (χ4v) is 3.57. The number of ether oxygens (including phenoxy) is 2. The number of benzene rings is 1. The summed E-state index contributed by atoms with van der Waals surface area (Å²) in [5.41, 5.74) is 3.72. The first-order valence-electron chi connectivity index (χ1n) is 10.1. The van der Waals surface area contributed by atoms with E-state index in [1.54, 1.807) is 6.07 Å². The van der Waals surface area contributed by atoms with Gasteiger partial charge in [-0.2, -0.15) is 4.98 Å². The number of aromatic nitrogens is 3. The van der Waals surface area contributed by atoms with E-state index >= 15 is 0 Å². The van der Waals surface area contributed by atoms with Crippen LogP contribution in [0.2, 0.25) is 5.02 Å². The van der Waals surface area contributed by atoms with E-state index in [0.29, 0.717) is 34.8 Å². The number of fused-ring (bicyclic) bond motifs is 1. The minimum absolute atomic E-state index is 0.0232. The van der Waals surface area contributed by atoms with Crippen molar-refractivity contribution in [1.29, 1.82) is 0 Å². The van der Waals surface area contributed by atoms with Crippen molar-refractivity contribution in [2.45, 2.75) is 6.42 Å². The van der Waals surface area contributed by atoms with Crippen LogP contribution in [-0.4, -0.2) is 72.0 Å². The molecule has 1 fully saturated rings. The highest BCUT2D eigenvalue weighted by Gasteiger charge is 2.15. The van der Waals surface area contributed by atoms with Crippen LogP contribution in [-0.2, 0) is 9.53 Å². The van der Waals surface area contributed by atoms with Gasteiger partial charge in [-0.3, -0.25) is 4.79 Å². The molecule has 9 nitrogen and oxygen atoms in total. The summed E-state index contributed by atoms with van der Waals surface area (Å²) in [7, 11) is 0. The Morgan fingerprint density at radius 2 is 2.03 bits per heavy atom. The summed E-state index contributed by atoms with van der Waals surface area (Å²) in [6, 6.07) is 10.0. The molecule has 1 amide bonds. The molecule has 1 aliphatic heterocycles. The van der Waals surface area contributed by atoms with Crippen LogP contribution in [0.4, 0.5) is 5.69 Å². The van der Waals surface area contributed by atoms with E-state index in [2.05, 4.69) is 37.3 Å². The second-order valence-electron chi connectivity index (χ2n) is 7.09. The Morgan fingerprint density at radius 1 is 1.26 bits per heavy atom. The van der Waals surface area contributed by atoms with Crippen molar-refractivity contribution in [1.82, 2.24) is 20.3 Å². The third-order valence-corrected chi connectivity index (χ3v) is 5.21. The van der Waals surface area contributed by atoms with Gasteiger partial charge in [0.2, 0.25) is 0 Å². The maximum absolute atomic E-state index is 11.7. The summed E-state index contributed by atoms with van der Waals surface area (Å²) in [5, 5.41) is 11.9. The quantitative estimate of drug-likeness (QED) is 0.454. The summed E-state index contributed by atoms with van der Waals surface area (Å²) in [5.74, 6) is -0.291. The van der Waals surface area contributed by atoms with Gasteiger partial charge in [0.05, 0.1) is 29.4 Å². The van der Waals surface area contributed by atoms with Crippen LogP contribution < -0.4 is 15.0 Å². The average molecular weight is 446 g/mol. The number of hydrogen-bond acceptors (Lipinski definition) is 7. The molecule has 0 aliphatic carbocycles. The van der Waals surface area contributed by atoms with E-state index in [4.69, 9.17) is 26.2 Å². The Hall–Kier alpha value is -2.88. The van der Waals surface area contributed by atoms with Crippen molar-refractivity contribution < 1.29 is 19.4 Å². The van der Waals surface area contributed by atoms with Gasteiger partial charge in [0.1, 0.15) is 0 Å². The lowest BCUT2D eigenvalue weighted by atomic mass is 10.1. The normalized spacial score (nSPS) is 14.1. The van der Waals surface area contributed by atoms with Crippen molar-refractivity contribution in [3.8, 4) is 17.3 Å². The Morgan fingerprint density at radius 3 is 2.77 bits per heavy atom. The number of carbonyl (C=O) groups excluding carboxylic acids is 1. The highest BCUT2D eigenvalue weighted by molar-refractivity contribution is 6.33. The van der Waals surface area contributed by atoms with Crippen molar-refractivity contribution in [3.05, 3.63) is 35.4 Å². The van der Waals surface area contributed by atoms with E-state index in [1.807, 2.05) is 12.1 Å². The maximum Gasteiger partial charge on any atom is 0.296 e. The number of carbonyl (C=O) groups is 1. The van der Waals surface area contributed by atoms with Gasteiger partial charge in [-0.1, -0.05) is 23.7 Å². The van der Waals surface area contributed by atoms with Crippen LogP contribution >= 0.6 is 11.6 Å². The number of amides is 1. The number of aromatic amines is 1. The summed E-state index contributed by atoms with van der Waals surface area (Å²) < 4.78 is 10.8. The first-order valence-corrected chi connectivity index (χ1v) is 10.5. The van der Waals surface area contributed by atoms with Crippen LogP contribution in [0, 0.1) is 0 Å². The number of morpholine rings is 1. The van der Waals surface area contributed by atoms with Crippen LogP contribution in [0.5, 0.6) is 6.01 Å². The topological polar surface area (TPSA) is 113 Å². The molecule has 0 atom stereocenters. The van der Waals surface area contributed by atoms with Gasteiger partial charge < -0.3 is 29.8 Å². The molecule has 4 rings (SSSR count). The van der Waals surface area contributed by atoms with E-state index in [-0.39, 0.29) is 25.1 Å². The van der Waals surface area contributed by atoms with E-state index in [1.165, 1.54) is 0 Å². The molecular formula is C21H24ClN5O4. The molecule has 2 aromatic heterocycles. The van der Waals surface area contributed by atoms with Crippen molar-refractivity contribution in [2.75, 3.05) is 51.0 Å². The number of pyridine rings is 1. The second kappa shape index (κ2) is 9.95. The Balaban J connectivity index is 1.46. The fraction of sp³-hybridized carbons (Fsp3) is 0.381. The lowest BCUT2D eigenvalue weighted by Crippen LogP contribution is -2.36. The number of hydrogen-bond donors (Lipinski definition) is 3. The lowest BCUT2D eigenvalue weighted by Gasteiger charge is -2.28. The standard InChI is InChI=1S/C21H24ClN5O4/c22-16-12-17-20(26-21(24-17)31-13-18(29)23-6-1-9-28)25-19(16)14-2-4-15(5-3-14)27-7-10-30-11-8-27/h2-5,12,28H,1,6-11,13H2,(H,23,29)(H,24,25,26). The van der Waals surface area contributed by atoms with Crippen molar-refractivity contribution >= 4 is 34.4 Å². The molecule has 10 heteroatoms. The third-order valence-electron chi connectivity index (χ3n) is 4.92. The number of imidazole rings is 1. The molecule has 164 valence electrons. The van der Waals surface area contributed by atoms with Gasteiger partial charge in [-0.25, -0.2) is 4.98 Å². The maximum atomic E-state index is 11.7. The molecular weight excluding hydrogens is 422 g/mol. The Bertz CT molecular complexity index is 1030. The van der Waals surface area contributed by atoms with Gasteiger partial charge in [0.25, 0.3) is 11.9 Å². The summed E-state index contributed by atoms with van der Waals surface area (Å²) in [6.45, 7) is 3.45. The first kappa shape index (κ1) is 21.4. The number of nitrogens with one attached hydrogen (secondary N) is 2. The number of rotatable bonds is 8. The van der Waals surface area contributed by atoms with Gasteiger partial charge in [-0.15, -0.1) is 0 Å². The number of aliphatic hydroxyl groups is 1. The molecule has 0 radical (unpaired) electrons. The number of nitrogens with zero attached hydrogens (tertiary/aromatic N) is 3. The number of aliphatic hydroxyl groups excluding tert-OH is 1. The van der Waals surface area contributed by atoms with Crippen LogP contribution in [0.15, 0.2) is 30.3 Å². The summed E-state index contributed by atoms with van der Waals surface area (Å²) in [6.07, 6.45) is 0.495. The molecule has 31 heavy (non-hydrogen) atoms. The molecule has 1 aliphatic rings. The predicted molar refractivity (Wildman–Crippen MR) is 118 cm³/mol. The second-order valence-corrected chi connectivity index (χ2v) is 7.50. The number of anilines is 1. The van der Waals surface area contributed by atoms with Crippen molar-refractivity contribution in [3.63, 3.8) is 0 Å². The summed E-state index contributed by atoms with van der Waals surface area (Å²) in [4.78, 5) is 25.9. The SMILES string of the molecule is O=C(COc1nc2nc(-c3ccc(N4CCOCC4)cc3)c(Cl)cc2[nH]1)NCCCO. The zero-order chi connectivity index (χ0) is 21.6. The lowest BCUT2D eigenvalue weighted by molar-refractivity contribution is -0.123. The molecule has 0 spiro atoms. The van der Waals surface area contributed by atoms with E-state index in [0.717, 1.165) is 37.6 Å². The zero-order valence-corrected chi connectivity index (χ0v) is 17.7. The first-order chi connectivity index (χ1) is 15.1. The largest absolute Gasteiger partial charge is 0.455 e. The van der Waals surface area contributed by atoms with Crippen LogP contribution in [0.3, 0.4) is 0 Å². The average Bonchev–Trinajstić information content (AvgIpc) is 3.20. The third kappa shape index (κ3) is 5.25. The molecule has 3 heterocycles. The molecule has 1 saturated heterocycles. The Labute approximate surface area is 184 Å². The molecule has 0 saturated carbocycles. The smallest absolute Gasteiger partial charge is 0.296 e. The summed E-state index contributed by atoms with van der Waals surface area (Å²) >= 11 is 6.47. The Kier molecular flexibility index (Phi) is 6.86. The minimum Gasteiger partial charge on any atom is -0.455 e. The van der Waals surface area contributed by atoms with E-state index in [9.17, 15) is 4.79 Å². The molecule has 3 N–H and O–H groups in total. The van der Waals surface area contributed by atoms with Gasteiger partial charge in [0, 0.05) is 37.5 Å². The fourth-order valence-electron chi connectivity index (χ4n) is 3.31. The zero-order valence-electron chi connectivity index (χ0n) is 16.9. The van der Waals surface area contributed by atoms with Crippen molar-refractivity contribution in [2.24, 2.45) is 0 Å². The predicted octanol–water partition coefficient (Wildman–Crippen LogP) is 1.99. The van der Waals surface area contributed by atoms with Crippen LogP contribution in [0.1, 0.15) is 6.42 Å². The molecule has 0 unspecified atom stereocenters. The van der Waals surface area contributed by atoms with Crippen LogP contribution in [0.25, 0.3) is 22.4 Å². The van der Waals surface area contributed by atoms with Gasteiger partial charge in [0.15, 0.2) is 12.3 Å². The minimum atomic E-state index is -0.291. The van der Waals surface area contributed by atoms with Gasteiger partial charge >= 0.3 is 0 Å². The number of H-pyrrole nitrogens is 1. The van der Waals surface area contributed by atoms with E-state index < -0.39 is 0 Å². The molecule has 0 bridgehead atoms. The highest BCUT2D eigenvalue weighted by Crippen LogP contribution is 2.30.